The zero-order chi connectivity index (χ0) is 17.6. The summed E-state index contributed by atoms with van der Waals surface area (Å²) in [6.45, 7) is 3.70. The van der Waals surface area contributed by atoms with Crippen molar-refractivity contribution in [3.63, 3.8) is 0 Å². The quantitative estimate of drug-likeness (QED) is 0.841. The number of carbonyl (C=O) groups excluding carboxylic acids is 2. The van der Waals surface area contributed by atoms with E-state index >= 15 is 0 Å². The Hall–Kier alpha value is -2.83. The van der Waals surface area contributed by atoms with Crippen LogP contribution in [0, 0.1) is 12.8 Å². The van der Waals surface area contributed by atoms with Gasteiger partial charge in [0.2, 0.25) is 5.91 Å². The van der Waals surface area contributed by atoms with Crippen LogP contribution in [0.4, 0.5) is 0 Å². The van der Waals surface area contributed by atoms with Gasteiger partial charge in [-0.1, -0.05) is 5.16 Å². The SMILES string of the molecule is Cc1cc(C(=O)NCC2CCN(C(=O)/C=C/c3ccco3)CC2)no1. The van der Waals surface area contributed by atoms with Crippen molar-refractivity contribution < 1.29 is 18.5 Å². The molecule has 2 aromatic rings. The number of carbonyl (C=O) groups is 2. The van der Waals surface area contributed by atoms with E-state index < -0.39 is 0 Å². The summed E-state index contributed by atoms with van der Waals surface area (Å²) in [5.74, 6) is 1.39. The molecule has 1 aliphatic heterocycles. The standard InChI is InChI=1S/C18H21N3O4/c1-13-11-16(20-25-13)18(23)19-12-14-6-8-21(9-7-14)17(22)5-4-15-3-2-10-24-15/h2-5,10-11,14H,6-9,12H2,1H3,(H,19,23)/b5-4+. The molecular weight excluding hydrogens is 322 g/mol. The Morgan fingerprint density at radius 2 is 2.20 bits per heavy atom. The molecule has 7 nitrogen and oxygen atoms in total. The topological polar surface area (TPSA) is 88.6 Å². The summed E-state index contributed by atoms with van der Waals surface area (Å²) in [5.41, 5.74) is 0.299. The summed E-state index contributed by atoms with van der Waals surface area (Å²) in [7, 11) is 0. The second kappa shape index (κ2) is 7.83. The number of hydrogen-bond donors (Lipinski definition) is 1. The van der Waals surface area contributed by atoms with Gasteiger partial charge < -0.3 is 19.2 Å². The number of hydrogen-bond acceptors (Lipinski definition) is 5. The molecule has 0 aliphatic carbocycles. The molecule has 2 aromatic heterocycles. The lowest BCUT2D eigenvalue weighted by molar-refractivity contribution is -0.127. The third-order valence-electron chi connectivity index (χ3n) is 4.27. The molecule has 0 saturated carbocycles. The molecular formula is C18H21N3O4. The summed E-state index contributed by atoms with van der Waals surface area (Å²) < 4.78 is 10.1. The fourth-order valence-corrected chi connectivity index (χ4v) is 2.80. The van der Waals surface area contributed by atoms with E-state index in [4.69, 9.17) is 8.94 Å². The van der Waals surface area contributed by atoms with E-state index in [0.29, 0.717) is 42.8 Å². The van der Waals surface area contributed by atoms with E-state index in [1.165, 1.54) is 6.08 Å². The highest BCUT2D eigenvalue weighted by molar-refractivity contribution is 5.92. The predicted molar refractivity (Wildman–Crippen MR) is 90.6 cm³/mol. The van der Waals surface area contributed by atoms with Gasteiger partial charge in [0, 0.05) is 31.8 Å². The second-order valence-electron chi connectivity index (χ2n) is 6.15. The number of nitrogens with one attached hydrogen (secondary N) is 1. The van der Waals surface area contributed by atoms with Gasteiger partial charge in [0.05, 0.1) is 6.26 Å². The van der Waals surface area contributed by atoms with Crippen molar-refractivity contribution in [3.05, 3.63) is 47.8 Å². The molecule has 2 amide bonds. The van der Waals surface area contributed by atoms with E-state index in [9.17, 15) is 9.59 Å². The summed E-state index contributed by atoms with van der Waals surface area (Å²) in [4.78, 5) is 25.9. The third kappa shape index (κ3) is 4.59. The maximum absolute atomic E-state index is 12.2. The van der Waals surface area contributed by atoms with Gasteiger partial charge in [-0.25, -0.2) is 0 Å². The monoisotopic (exact) mass is 343 g/mol. The summed E-state index contributed by atoms with van der Waals surface area (Å²) >= 11 is 0. The summed E-state index contributed by atoms with van der Waals surface area (Å²) in [6.07, 6.45) is 6.50. The maximum atomic E-state index is 12.2. The number of likely N-dealkylation sites (tertiary alicyclic amines) is 1. The minimum Gasteiger partial charge on any atom is -0.465 e. The fourth-order valence-electron chi connectivity index (χ4n) is 2.80. The van der Waals surface area contributed by atoms with Crippen molar-refractivity contribution >= 4 is 17.9 Å². The van der Waals surface area contributed by atoms with Gasteiger partial charge in [-0.2, -0.15) is 0 Å². The first-order chi connectivity index (χ1) is 12.1. The first kappa shape index (κ1) is 17.0. The average molecular weight is 343 g/mol. The second-order valence-corrected chi connectivity index (χ2v) is 6.15. The van der Waals surface area contributed by atoms with Crippen LogP contribution in [0.3, 0.4) is 0 Å². The lowest BCUT2D eigenvalue weighted by Crippen LogP contribution is -2.41. The number of furan rings is 1. The summed E-state index contributed by atoms with van der Waals surface area (Å²) in [5, 5.41) is 6.58. The van der Waals surface area contributed by atoms with Crippen molar-refractivity contribution in [2.45, 2.75) is 19.8 Å². The van der Waals surface area contributed by atoms with Crippen LogP contribution in [-0.4, -0.2) is 41.5 Å². The van der Waals surface area contributed by atoms with Crippen LogP contribution in [0.5, 0.6) is 0 Å². The Morgan fingerprint density at radius 3 is 2.84 bits per heavy atom. The van der Waals surface area contributed by atoms with Gasteiger partial charge in [-0.05, 0) is 43.9 Å². The Balaban J connectivity index is 1.41. The van der Waals surface area contributed by atoms with E-state index in [0.717, 1.165) is 12.8 Å². The lowest BCUT2D eigenvalue weighted by Gasteiger charge is -2.31. The van der Waals surface area contributed by atoms with Crippen molar-refractivity contribution in [1.29, 1.82) is 0 Å². The molecule has 132 valence electrons. The van der Waals surface area contributed by atoms with Crippen LogP contribution in [0.25, 0.3) is 6.08 Å². The maximum Gasteiger partial charge on any atom is 0.273 e. The zero-order valence-corrected chi connectivity index (χ0v) is 14.1. The Bertz CT molecular complexity index is 740. The molecule has 0 unspecified atom stereocenters. The van der Waals surface area contributed by atoms with Crippen molar-refractivity contribution in [3.8, 4) is 0 Å². The number of aromatic nitrogens is 1. The van der Waals surface area contributed by atoms with Crippen LogP contribution >= 0.6 is 0 Å². The smallest absolute Gasteiger partial charge is 0.273 e. The molecule has 0 radical (unpaired) electrons. The minimum atomic E-state index is -0.225. The summed E-state index contributed by atoms with van der Waals surface area (Å²) in [6, 6.07) is 5.20. The minimum absolute atomic E-state index is 0.0167. The molecule has 0 bridgehead atoms. The number of amides is 2. The number of nitrogens with zero attached hydrogens (tertiary/aromatic N) is 2. The number of piperidine rings is 1. The Kier molecular flexibility index (Phi) is 5.33. The fraction of sp³-hybridized carbons (Fsp3) is 0.389. The van der Waals surface area contributed by atoms with E-state index in [2.05, 4.69) is 10.5 Å². The largest absolute Gasteiger partial charge is 0.465 e. The third-order valence-corrected chi connectivity index (χ3v) is 4.27. The number of aryl methyl sites for hydroxylation is 1. The molecule has 3 rings (SSSR count). The van der Waals surface area contributed by atoms with Crippen molar-refractivity contribution in [1.82, 2.24) is 15.4 Å². The van der Waals surface area contributed by atoms with Gasteiger partial charge in [-0.15, -0.1) is 0 Å². The van der Waals surface area contributed by atoms with Gasteiger partial charge in [0.1, 0.15) is 11.5 Å². The zero-order valence-electron chi connectivity index (χ0n) is 14.1. The first-order valence-electron chi connectivity index (χ1n) is 8.34. The molecule has 7 heteroatoms. The normalized spacial score (nSPS) is 15.6. The molecule has 1 saturated heterocycles. The van der Waals surface area contributed by atoms with Crippen LogP contribution in [0.2, 0.25) is 0 Å². The van der Waals surface area contributed by atoms with Crippen LogP contribution < -0.4 is 5.32 Å². The number of rotatable bonds is 5. The highest BCUT2D eigenvalue weighted by Crippen LogP contribution is 2.17. The molecule has 25 heavy (non-hydrogen) atoms. The van der Waals surface area contributed by atoms with Gasteiger partial charge in [0.25, 0.3) is 5.91 Å². The predicted octanol–water partition coefficient (Wildman–Crippen LogP) is 2.26. The molecule has 3 heterocycles. The van der Waals surface area contributed by atoms with E-state index in [1.807, 2.05) is 4.90 Å². The highest BCUT2D eigenvalue weighted by Gasteiger charge is 2.22. The Labute approximate surface area is 145 Å². The van der Waals surface area contributed by atoms with Crippen LogP contribution in [-0.2, 0) is 4.79 Å². The molecule has 1 N–H and O–H groups in total. The van der Waals surface area contributed by atoms with Crippen LogP contribution in [0.1, 0.15) is 34.9 Å². The molecule has 1 aliphatic rings. The highest BCUT2D eigenvalue weighted by atomic mass is 16.5. The van der Waals surface area contributed by atoms with Crippen molar-refractivity contribution in [2.75, 3.05) is 19.6 Å². The molecule has 0 aromatic carbocycles. The van der Waals surface area contributed by atoms with Crippen molar-refractivity contribution in [2.24, 2.45) is 5.92 Å². The lowest BCUT2D eigenvalue weighted by atomic mass is 9.96. The molecule has 1 fully saturated rings. The average Bonchev–Trinajstić information content (AvgIpc) is 3.29. The van der Waals surface area contributed by atoms with Gasteiger partial charge >= 0.3 is 0 Å². The Morgan fingerprint density at radius 1 is 1.40 bits per heavy atom. The van der Waals surface area contributed by atoms with Gasteiger partial charge in [0.15, 0.2) is 5.69 Å². The van der Waals surface area contributed by atoms with E-state index in [1.54, 1.807) is 37.5 Å². The van der Waals surface area contributed by atoms with Gasteiger partial charge in [-0.3, -0.25) is 9.59 Å². The molecule has 0 atom stereocenters. The van der Waals surface area contributed by atoms with Crippen LogP contribution in [0.15, 0.2) is 39.5 Å². The molecule has 0 spiro atoms. The van der Waals surface area contributed by atoms with E-state index in [-0.39, 0.29) is 11.8 Å². The first-order valence-corrected chi connectivity index (χ1v) is 8.34.